The van der Waals surface area contributed by atoms with Gasteiger partial charge < -0.3 is 24.8 Å². The van der Waals surface area contributed by atoms with Crippen LogP contribution in [0, 0.1) is 12.8 Å². The molecule has 0 saturated heterocycles. The van der Waals surface area contributed by atoms with Gasteiger partial charge in [0.15, 0.2) is 17.3 Å². The maximum Gasteiger partial charge on any atom is 0.343 e. The Morgan fingerprint density at radius 1 is 1.16 bits per heavy atom. The van der Waals surface area contributed by atoms with Crippen molar-refractivity contribution in [3.05, 3.63) is 52.6 Å². The number of rotatable bonds is 9. The molecule has 2 aromatic carbocycles. The summed E-state index contributed by atoms with van der Waals surface area (Å²) in [6.07, 6.45) is 2.33. The molecule has 0 radical (unpaired) electrons. The monoisotopic (exact) mass is 428 g/mol. The summed E-state index contributed by atoms with van der Waals surface area (Å²) < 4.78 is 11.2. The van der Waals surface area contributed by atoms with E-state index in [2.05, 4.69) is 0 Å². The average Bonchev–Trinajstić information content (AvgIpc) is 2.66. The Morgan fingerprint density at radius 2 is 1.84 bits per heavy atom. The van der Waals surface area contributed by atoms with Crippen LogP contribution in [-0.2, 0) is 4.79 Å². The van der Waals surface area contributed by atoms with E-state index >= 15 is 0 Å². The molecule has 166 valence electrons. The van der Waals surface area contributed by atoms with E-state index in [0.717, 1.165) is 5.56 Å². The van der Waals surface area contributed by atoms with Crippen molar-refractivity contribution in [1.82, 2.24) is 0 Å². The van der Waals surface area contributed by atoms with Crippen molar-refractivity contribution in [2.24, 2.45) is 5.92 Å². The van der Waals surface area contributed by atoms with E-state index in [9.17, 15) is 24.9 Å². The molecule has 0 unspecified atom stereocenters. The van der Waals surface area contributed by atoms with Gasteiger partial charge in [0.1, 0.15) is 17.1 Å². The fourth-order valence-electron chi connectivity index (χ4n) is 3.26. The number of aromatic carboxylic acids is 1. The molecule has 0 saturated carbocycles. The van der Waals surface area contributed by atoms with Gasteiger partial charge in [-0.15, -0.1) is 0 Å². The van der Waals surface area contributed by atoms with E-state index in [1.165, 1.54) is 38.3 Å². The lowest BCUT2D eigenvalue weighted by Gasteiger charge is -2.20. The van der Waals surface area contributed by atoms with E-state index in [1.54, 1.807) is 19.1 Å². The first-order valence-corrected chi connectivity index (χ1v) is 9.87. The molecule has 31 heavy (non-hydrogen) atoms. The van der Waals surface area contributed by atoms with Crippen molar-refractivity contribution in [3.63, 3.8) is 0 Å². The summed E-state index contributed by atoms with van der Waals surface area (Å²) in [5, 5.41) is 30.8. The number of carboxylic acids is 1. The van der Waals surface area contributed by atoms with Crippen molar-refractivity contribution in [2.75, 3.05) is 7.11 Å². The van der Waals surface area contributed by atoms with Gasteiger partial charge in [-0.1, -0.05) is 13.8 Å². The number of hydrogen-bond donors (Lipinski definition) is 3. The van der Waals surface area contributed by atoms with Gasteiger partial charge in [0.05, 0.1) is 13.2 Å². The number of aliphatic hydroxyl groups excluding tert-OH is 1. The summed E-state index contributed by atoms with van der Waals surface area (Å²) >= 11 is 0. The van der Waals surface area contributed by atoms with Crippen LogP contribution in [0.1, 0.15) is 60.3 Å². The highest BCUT2D eigenvalue weighted by atomic mass is 16.5. The molecule has 7 heteroatoms. The minimum atomic E-state index is -1.31. The highest BCUT2D eigenvalue weighted by Crippen LogP contribution is 2.42. The highest BCUT2D eigenvalue weighted by molar-refractivity contribution is 5.95. The second-order valence-corrected chi connectivity index (χ2v) is 7.76. The lowest BCUT2D eigenvalue weighted by Crippen LogP contribution is -2.10. The van der Waals surface area contributed by atoms with Crippen LogP contribution in [-0.4, -0.2) is 34.2 Å². The van der Waals surface area contributed by atoms with Crippen LogP contribution >= 0.6 is 0 Å². The number of methoxy groups -OCH3 is 1. The molecule has 0 aromatic heterocycles. The first-order valence-electron chi connectivity index (χ1n) is 9.87. The SMILES string of the molecule is COc1c([C@H](O)CC(C)C)ccc(Oc2c(O)cc(C)cc2/C=C/C(C)=O)c1C(=O)O. The predicted octanol–water partition coefficient (Wildman–Crippen LogP) is 4.88. The van der Waals surface area contributed by atoms with Crippen molar-refractivity contribution >= 4 is 17.8 Å². The van der Waals surface area contributed by atoms with Crippen LogP contribution in [0.2, 0.25) is 0 Å². The van der Waals surface area contributed by atoms with E-state index < -0.39 is 12.1 Å². The van der Waals surface area contributed by atoms with Crippen LogP contribution in [0.3, 0.4) is 0 Å². The van der Waals surface area contributed by atoms with Gasteiger partial charge in [-0.3, -0.25) is 4.79 Å². The Balaban J connectivity index is 2.63. The summed E-state index contributed by atoms with van der Waals surface area (Å²) in [5.41, 5.74) is 1.21. The van der Waals surface area contributed by atoms with Gasteiger partial charge in [0.25, 0.3) is 0 Å². The first kappa shape index (κ1) is 24.0. The fraction of sp³-hybridized carbons (Fsp3) is 0.333. The summed E-state index contributed by atoms with van der Waals surface area (Å²) in [6, 6.07) is 6.14. The second-order valence-electron chi connectivity index (χ2n) is 7.76. The third-order valence-electron chi connectivity index (χ3n) is 4.57. The molecule has 0 bridgehead atoms. The Morgan fingerprint density at radius 3 is 2.39 bits per heavy atom. The van der Waals surface area contributed by atoms with Gasteiger partial charge in [0, 0.05) is 11.1 Å². The number of hydrogen-bond acceptors (Lipinski definition) is 6. The Labute approximate surface area is 181 Å². The third kappa shape index (κ3) is 5.86. The van der Waals surface area contributed by atoms with E-state index in [1.807, 2.05) is 13.8 Å². The Bertz CT molecular complexity index is 1010. The molecule has 1 atom stereocenters. The largest absolute Gasteiger partial charge is 0.504 e. The van der Waals surface area contributed by atoms with Crippen molar-refractivity contribution in [2.45, 2.75) is 40.2 Å². The number of benzene rings is 2. The quantitative estimate of drug-likeness (QED) is 0.488. The lowest BCUT2D eigenvalue weighted by atomic mass is 9.96. The maximum atomic E-state index is 12.1. The smallest absolute Gasteiger partial charge is 0.343 e. The highest BCUT2D eigenvalue weighted by Gasteiger charge is 2.26. The molecule has 0 spiro atoms. The molecular formula is C24H28O7. The molecule has 0 fully saturated rings. The normalized spacial score (nSPS) is 12.2. The van der Waals surface area contributed by atoms with Crippen LogP contribution < -0.4 is 9.47 Å². The van der Waals surface area contributed by atoms with Gasteiger partial charge in [0.2, 0.25) is 0 Å². The third-order valence-corrected chi connectivity index (χ3v) is 4.57. The predicted molar refractivity (Wildman–Crippen MR) is 117 cm³/mol. The van der Waals surface area contributed by atoms with Crippen molar-refractivity contribution in [3.8, 4) is 23.0 Å². The number of aryl methyl sites for hydroxylation is 1. The zero-order valence-corrected chi connectivity index (χ0v) is 18.3. The number of carboxylic acid groups (broad SMARTS) is 1. The molecule has 0 aliphatic heterocycles. The number of phenolic OH excluding ortho intramolecular Hbond substituents is 1. The summed E-state index contributed by atoms with van der Waals surface area (Å²) in [4.78, 5) is 23.4. The zero-order chi connectivity index (χ0) is 23.3. The fourth-order valence-corrected chi connectivity index (χ4v) is 3.26. The topological polar surface area (TPSA) is 113 Å². The van der Waals surface area contributed by atoms with Crippen LogP contribution in [0.5, 0.6) is 23.0 Å². The van der Waals surface area contributed by atoms with Gasteiger partial charge in [-0.25, -0.2) is 4.79 Å². The molecule has 0 heterocycles. The number of ketones is 1. The number of aromatic hydroxyl groups is 1. The van der Waals surface area contributed by atoms with Crippen molar-refractivity contribution in [1.29, 1.82) is 0 Å². The van der Waals surface area contributed by atoms with Gasteiger partial charge in [-0.05, 0) is 68.2 Å². The molecule has 0 amide bonds. The number of aliphatic hydroxyl groups is 1. The van der Waals surface area contributed by atoms with Crippen LogP contribution in [0.15, 0.2) is 30.3 Å². The molecule has 2 rings (SSSR count). The molecule has 0 aliphatic carbocycles. The molecule has 2 aromatic rings. The second kappa shape index (κ2) is 10.1. The van der Waals surface area contributed by atoms with Gasteiger partial charge in [-0.2, -0.15) is 0 Å². The van der Waals surface area contributed by atoms with Crippen molar-refractivity contribution < 1.29 is 34.4 Å². The number of carbonyl (C=O) groups excluding carboxylic acids is 1. The van der Waals surface area contributed by atoms with Crippen LogP contribution in [0.25, 0.3) is 6.08 Å². The van der Waals surface area contributed by atoms with Gasteiger partial charge >= 0.3 is 5.97 Å². The maximum absolute atomic E-state index is 12.1. The lowest BCUT2D eigenvalue weighted by molar-refractivity contribution is -0.112. The van der Waals surface area contributed by atoms with E-state index in [4.69, 9.17) is 9.47 Å². The molecule has 0 aliphatic rings. The average molecular weight is 428 g/mol. The molecule has 3 N–H and O–H groups in total. The summed E-state index contributed by atoms with van der Waals surface area (Å²) in [6.45, 7) is 7.05. The minimum absolute atomic E-state index is 0.00290. The first-order chi connectivity index (χ1) is 14.5. The molecular weight excluding hydrogens is 400 g/mol. The number of allylic oxidation sites excluding steroid dienone is 1. The Kier molecular flexibility index (Phi) is 7.83. The minimum Gasteiger partial charge on any atom is -0.504 e. The van der Waals surface area contributed by atoms with E-state index in [-0.39, 0.29) is 40.3 Å². The number of carbonyl (C=O) groups is 2. The summed E-state index contributed by atoms with van der Waals surface area (Å²) in [5.74, 6) is -1.59. The standard InChI is InChI=1S/C24H28O7/c1-13(2)10-18(26)17-8-9-20(21(24(28)29)23(17)30-5)31-22-16(7-6-15(4)25)11-14(3)12-19(22)27/h6-9,11-13,18,26-27H,10H2,1-5H3,(H,28,29)/b7-6+/t18-/m1/s1. The van der Waals surface area contributed by atoms with Crippen LogP contribution in [0.4, 0.5) is 0 Å². The Hall–Kier alpha value is -3.32. The number of ether oxygens (including phenoxy) is 2. The number of phenols is 1. The van der Waals surface area contributed by atoms with E-state index in [0.29, 0.717) is 17.5 Å². The molecule has 7 nitrogen and oxygen atoms in total. The zero-order valence-electron chi connectivity index (χ0n) is 18.3. The summed E-state index contributed by atoms with van der Waals surface area (Å²) in [7, 11) is 1.32.